The van der Waals surface area contributed by atoms with E-state index < -0.39 is 18.5 Å². The Labute approximate surface area is 149 Å². The number of hydrogen-bond acceptors (Lipinski definition) is 4. The van der Waals surface area contributed by atoms with Crippen LogP contribution in [0.4, 0.5) is 5.69 Å². The van der Waals surface area contributed by atoms with Crippen LogP contribution in [0.5, 0.6) is 5.75 Å². The van der Waals surface area contributed by atoms with Crippen LogP contribution in [0.2, 0.25) is 10.0 Å². The van der Waals surface area contributed by atoms with E-state index in [-0.39, 0.29) is 10.6 Å². The third-order valence-corrected chi connectivity index (χ3v) is 3.79. The number of amides is 1. The minimum absolute atomic E-state index is 0.223. The van der Waals surface area contributed by atoms with Gasteiger partial charge in [-0.15, -0.1) is 0 Å². The lowest BCUT2D eigenvalue weighted by molar-refractivity contribution is -0.119. The highest BCUT2D eigenvalue weighted by Crippen LogP contribution is 2.29. The molecule has 0 bridgehead atoms. The van der Waals surface area contributed by atoms with Gasteiger partial charge in [-0.1, -0.05) is 41.4 Å². The highest BCUT2D eigenvalue weighted by molar-refractivity contribution is 6.44. The molecular weight excluding hydrogens is 353 g/mol. The van der Waals surface area contributed by atoms with Crippen molar-refractivity contribution in [2.75, 3.05) is 18.5 Å². The molecule has 0 saturated carbocycles. The SMILES string of the molecule is CCOc1ccccc1C(=O)OCC(=O)Nc1cccc(Cl)c1Cl. The molecule has 1 N–H and O–H groups in total. The van der Waals surface area contributed by atoms with E-state index in [0.717, 1.165) is 0 Å². The molecule has 0 fully saturated rings. The van der Waals surface area contributed by atoms with Crippen molar-refractivity contribution >= 4 is 40.8 Å². The van der Waals surface area contributed by atoms with Crippen molar-refractivity contribution in [3.05, 3.63) is 58.1 Å². The summed E-state index contributed by atoms with van der Waals surface area (Å²) in [7, 11) is 0. The van der Waals surface area contributed by atoms with Crippen LogP contribution in [0, 0.1) is 0 Å². The lowest BCUT2D eigenvalue weighted by Crippen LogP contribution is -2.21. The summed E-state index contributed by atoms with van der Waals surface area (Å²) < 4.78 is 10.4. The molecule has 2 rings (SSSR count). The molecular formula is C17H15Cl2NO4. The summed E-state index contributed by atoms with van der Waals surface area (Å²) in [6.45, 7) is 1.77. The molecule has 7 heteroatoms. The molecule has 0 aromatic heterocycles. The van der Waals surface area contributed by atoms with Gasteiger partial charge in [0.15, 0.2) is 6.61 Å². The van der Waals surface area contributed by atoms with Crippen LogP contribution >= 0.6 is 23.2 Å². The van der Waals surface area contributed by atoms with Gasteiger partial charge in [0.2, 0.25) is 0 Å². The second kappa shape index (κ2) is 8.57. The van der Waals surface area contributed by atoms with Crippen LogP contribution in [0.1, 0.15) is 17.3 Å². The van der Waals surface area contributed by atoms with Crippen molar-refractivity contribution < 1.29 is 19.1 Å². The van der Waals surface area contributed by atoms with Crippen LogP contribution in [0.25, 0.3) is 0 Å². The molecule has 0 radical (unpaired) electrons. The number of benzene rings is 2. The summed E-state index contributed by atoms with van der Waals surface area (Å²) in [5.74, 6) is -0.768. The standard InChI is InChI=1S/C17H15Cl2NO4/c1-2-23-14-9-4-3-6-11(14)17(22)24-10-15(21)20-13-8-5-7-12(18)16(13)19/h3-9H,2,10H2,1H3,(H,20,21). The Morgan fingerprint density at radius 3 is 2.58 bits per heavy atom. The smallest absolute Gasteiger partial charge is 0.342 e. The van der Waals surface area contributed by atoms with Crippen molar-refractivity contribution in [3.8, 4) is 5.75 Å². The number of para-hydroxylation sites is 1. The van der Waals surface area contributed by atoms with Gasteiger partial charge < -0.3 is 14.8 Å². The van der Waals surface area contributed by atoms with E-state index in [1.54, 1.807) is 42.5 Å². The fraction of sp³-hybridized carbons (Fsp3) is 0.176. The Hall–Kier alpha value is -2.24. The molecule has 0 heterocycles. The van der Waals surface area contributed by atoms with Crippen LogP contribution in [0.3, 0.4) is 0 Å². The summed E-state index contributed by atoms with van der Waals surface area (Å²) in [4.78, 5) is 24.0. The maximum Gasteiger partial charge on any atom is 0.342 e. The highest BCUT2D eigenvalue weighted by Gasteiger charge is 2.15. The van der Waals surface area contributed by atoms with E-state index in [1.165, 1.54) is 0 Å². The minimum atomic E-state index is -0.647. The molecule has 0 aliphatic heterocycles. The van der Waals surface area contributed by atoms with Crippen molar-refractivity contribution in [2.24, 2.45) is 0 Å². The van der Waals surface area contributed by atoms with Crippen LogP contribution in [-0.2, 0) is 9.53 Å². The van der Waals surface area contributed by atoms with Gasteiger partial charge in [-0.2, -0.15) is 0 Å². The van der Waals surface area contributed by atoms with Gasteiger partial charge in [-0.3, -0.25) is 4.79 Å². The number of anilines is 1. The highest BCUT2D eigenvalue weighted by atomic mass is 35.5. The maximum atomic E-state index is 12.1. The van der Waals surface area contributed by atoms with E-state index in [4.69, 9.17) is 32.7 Å². The average molecular weight is 368 g/mol. The Balaban J connectivity index is 1.97. The van der Waals surface area contributed by atoms with E-state index in [9.17, 15) is 9.59 Å². The largest absolute Gasteiger partial charge is 0.493 e. The zero-order valence-corrected chi connectivity index (χ0v) is 14.4. The molecule has 2 aromatic carbocycles. The van der Waals surface area contributed by atoms with Crippen molar-refractivity contribution in [3.63, 3.8) is 0 Å². The van der Waals surface area contributed by atoms with E-state index in [0.29, 0.717) is 23.1 Å². The lowest BCUT2D eigenvalue weighted by Gasteiger charge is -2.11. The van der Waals surface area contributed by atoms with Gasteiger partial charge in [-0.25, -0.2) is 4.79 Å². The minimum Gasteiger partial charge on any atom is -0.493 e. The van der Waals surface area contributed by atoms with E-state index >= 15 is 0 Å². The summed E-state index contributed by atoms with van der Waals surface area (Å²) in [6.07, 6.45) is 0. The predicted octanol–water partition coefficient (Wildman–Crippen LogP) is 4.19. The molecule has 0 aliphatic rings. The van der Waals surface area contributed by atoms with Crippen LogP contribution in [-0.4, -0.2) is 25.1 Å². The van der Waals surface area contributed by atoms with Crippen molar-refractivity contribution in [1.82, 2.24) is 0 Å². The fourth-order valence-corrected chi connectivity index (χ4v) is 2.26. The molecule has 0 unspecified atom stereocenters. The number of hydrogen-bond donors (Lipinski definition) is 1. The monoisotopic (exact) mass is 367 g/mol. The molecule has 24 heavy (non-hydrogen) atoms. The van der Waals surface area contributed by atoms with Gasteiger partial charge in [0.05, 0.1) is 22.3 Å². The molecule has 0 saturated heterocycles. The number of carbonyl (C=O) groups is 2. The molecule has 1 amide bonds. The zero-order valence-electron chi connectivity index (χ0n) is 12.8. The summed E-state index contributed by atoms with van der Waals surface area (Å²) in [6, 6.07) is 11.5. The molecule has 2 aromatic rings. The molecule has 0 spiro atoms. The van der Waals surface area contributed by atoms with Gasteiger partial charge in [0, 0.05) is 0 Å². The number of carbonyl (C=O) groups excluding carboxylic acids is 2. The van der Waals surface area contributed by atoms with E-state index in [1.807, 2.05) is 6.92 Å². The van der Waals surface area contributed by atoms with Gasteiger partial charge in [0.1, 0.15) is 11.3 Å². The van der Waals surface area contributed by atoms with Crippen LogP contribution < -0.4 is 10.1 Å². The second-order valence-electron chi connectivity index (χ2n) is 4.65. The number of nitrogens with one attached hydrogen (secondary N) is 1. The normalized spacial score (nSPS) is 10.1. The second-order valence-corrected chi connectivity index (χ2v) is 5.44. The van der Waals surface area contributed by atoms with Crippen molar-refractivity contribution in [2.45, 2.75) is 6.92 Å². The van der Waals surface area contributed by atoms with Gasteiger partial charge >= 0.3 is 5.97 Å². The number of halogens is 2. The number of rotatable bonds is 6. The number of esters is 1. The quantitative estimate of drug-likeness (QED) is 0.777. The van der Waals surface area contributed by atoms with E-state index in [2.05, 4.69) is 5.32 Å². The Bertz CT molecular complexity index is 749. The number of ether oxygens (including phenoxy) is 2. The van der Waals surface area contributed by atoms with Crippen LogP contribution in [0.15, 0.2) is 42.5 Å². The summed E-state index contributed by atoms with van der Waals surface area (Å²) >= 11 is 11.8. The average Bonchev–Trinajstić information content (AvgIpc) is 2.58. The molecule has 0 atom stereocenters. The molecule has 0 aliphatic carbocycles. The van der Waals surface area contributed by atoms with Crippen molar-refractivity contribution in [1.29, 1.82) is 0 Å². The first-order valence-electron chi connectivity index (χ1n) is 7.15. The maximum absolute atomic E-state index is 12.1. The first kappa shape index (κ1) is 18.1. The first-order chi connectivity index (χ1) is 11.5. The first-order valence-corrected chi connectivity index (χ1v) is 7.91. The topological polar surface area (TPSA) is 64.6 Å². The van der Waals surface area contributed by atoms with Gasteiger partial charge in [0.25, 0.3) is 5.91 Å². The Kier molecular flexibility index (Phi) is 6.46. The molecule has 5 nitrogen and oxygen atoms in total. The lowest BCUT2D eigenvalue weighted by atomic mass is 10.2. The third-order valence-electron chi connectivity index (χ3n) is 2.97. The zero-order chi connectivity index (χ0) is 17.5. The third kappa shape index (κ3) is 4.63. The Morgan fingerprint density at radius 1 is 1.08 bits per heavy atom. The predicted molar refractivity (Wildman–Crippen MR) is 93.0 cm³/mol. The van der Waals surface area contributed by atoms with Gasteiger partial charge in [-0.05, 0) is 31.2 Å². The summed E-state index contributed by atoms with van der Waals surface area (Å²) in [5, 5.41) is 3.07. The molecule has 126 valence electrons. The Morgan fingerprint density at radius 2 is 1.83 bits per heavy atom. The fourth-order valence-electron chi connectivity index (χ4n) is 1.91. The summed E-state index contributed by atoms with van der Waals surface area (Å²) in [5.41, 5.74) is 0.605.